The minimum atomic E-state index is -0.285. The molecule has 19 heavy (non-hydrogen) atoms. The highest BCUT2D eigenvalue weighted by atomic mass is 16.5. The van der Waals surface area contributed by atoms with Crippen LogP contribution in [0.15, 0.2) is 18.2 Å². The van der Waals surface area contributed by atoms with Gasteiger partial charge in [0.15, 0.2) is 0 Å². The smallest absolute Gasteiger partial charge is 0.309 e. The molecule has 4 heteroatoms. The summed E-state index contributed by atoms with van der Waals surface area (Å²) >= 11 is 0. The van der Waals surface area contributed by atoms with Crippen LogP contribution in [0, 0.1) is 5.92 Å². The summed E-state index contributed by atoms with van der Waals surface area (Å²) in [6.45, 7) is 0.623. The highest BCUT2D eigenvalue weighted by molar-refractivity contribution is 5.72. The van der Waals surface area contributed by atoms with Gasteiger partial charge in [-0.2, -0.15) is 0 Å². The molecule has 1 saturated carbocycles. The first-order valence-electron chi connectivity index (χ1n) is 6.65. The average Bonchev–Trinajstić information content (AvgIpc) is 2.38. The fraction of sp³-hybridized carbons (Fsp3) is 0.533. The molecule has 1 aliphatic rings. The van der Waals surface area contributed by atoms with Crippen molar-refractivity contribution in [3.63, 3.8) is 0 Å². The molecule has 0 aliphatic heterocycles. The molecule has 0 bridgehead atoms. The first kappa shape index (κ1) is 13.9. The van der Waals surface area contributed by atoms with E-state index in [4.69, 9.17) is 4.74 Å². The van der Waals surface area contributed by atoms with E-state index in [9.17, 15) is 9.90 Å². The molecule has 4 nitrogen and oxygen atoms in total. The molecule has 0 radical (unpaired) electrons. The first-order valence-corrected chi connectivity index (χ1v) is 6.65. The van der Waals surface area contributed by atoms with E-state index in [1.807, 2.05) is 12.1 Å². The quantitative estimate of drug-likeness (QED) is 0.799. The minimum Gasteiger partial charge on any atom is -0.493 e. The maximum Gasteiger partial charge on any atom is 0.309 e. The molecule has 0 aromatic heterocycles. The van der Waals surface area contributed by atoms with Crippen molar-refractivity contribution in [2.24, 2.45) is 5.92 Å². The Morgan fingerprint density at radius 3 is 2.79 bits per heavy atom. The summed E-state index contributed by atoms with van der Waals surface area (Å²) in [5.41, 5.74) is 1.55. The van der Waals surface area contributed by atoms with E-state index >= 15 is 0 Å². The number of aliphatic hydroxyl groups excluding tert-OH is 1. The third-order valence-corrected chi connectivity index (χ3v) is 3.57. The Hall–Kier alpha value is -1.55. The van der Waals surface area contributed by atoms with Crippen molar-refractivity contribution in [1.29, 1.82) is 0 Å². The van der Waals surface area contributed by atoms with Gasteiger partial charge in [0.05, 0.1) is 26.7 Å². The fourth-order valence-electron chi connectivity index (χ4n) is 2.11. The SMILES string of the molecule is COC(=O)Cc1ccc(OCC2CCC2)c(CO)c1. The Balaban J connectivity index is 2.00. The van der Waals surface area contributed by atoms with Gasteiger partial charge in [-0.15, -0.1) is 0 Å². The lowest BCUT2D eigenvalue weighted by Gasteiger charge is -2.25. The molecular weight excluding hydrogens is 244 g/mol. The number of hydrogen-bond acceptors (Lipinski definition) is 4. The Labute approximate surface area is 113 Å². The van der Waals surface area contributed by atoms with Crippen LogP contribution in [-0.4, -0.2) is 24.8 Å². The summed E-state index contributed by atoms with van der Waals surface area (Å²) < 4.78 is 10.4. The van der Waals surface area contributed by atoms with E-state index in [0.717, 1.165) is 11.1 Å². The van der Waals surface area contributed by atoms with Gasteiger partial charge in [-0.05, 0) is 36.5 Å². The van der Waals surface area contributed by atoms with Gasteiger partial charge in [0, 0.05) is 5.56 Å². The second kappa shape index (κ2) is 6.57. The molecule has 1 aromatic carbocycles. The molecule has 0 saturated heterocycles. The van der Waals surface area contributed by atoms with Crippen molar-refractivity contribution >= 4 is 5.97 Å². The molecule has 0 atom stereocenters. The topological polar surface area (TPSA) is 55.8 Å². The molecule has 0 amide bonds. The summed E-state index contributed by atoms with van der Waals surface area (Å²) in [6.07, 6.45) is 3.97. The highest BCUT2D eigenvalue weighted by Crippen LogP contribution is 2.28. The number of carbonyl (C=O) groups excluding carboxylic acids is 1. The summed E-state index contributed by atoms with van der Waals surface area (Å²) in [4.78, 5) is 11.2. The van der Waals surface area contributed by atoms with Gasteiger partial charge in [-0.3, -0.25) is 4.79 Å². The number of esters is 1. The van der Waals surface area contributed by atoms with Crippen LogP contribution in [0.5, 0.6) is 5.75 Å². The summed E-state index contributed by atoms with van der Waals surface area (Å²) in [7, 11) is 1.37. The van der Waals surface area contributed by atoms with Crippen molar-refractivity contribution in [3.8, 4) is 5.75 Å². The Kier molecular flexibility index (Phi) is 4.80. The summed E-state index contributed by atoms with van der Waals surface area (Å²) in [6, 6.07) is 5.46. The zero-order chi connectivity index (χ0) is 13.7. The highest BCUT2D eigenvalue weighted by Gasteiger charge is 2.18. The van der Waals surface area contributed by atoms with Gasteiger partial charge >= 0.3 is 5.97 Å². The molecule has 0 spiro atoms. The Morgan fingerprint density at radius 1 is 1.42 bits per heavy atom. The first-order chi connectivity index (χ1) is 9.22. The van der Waals surface area contributed by atoms with Gasteiger partial charge < -0.3 is 14.6 Å². The van der Waals surface area contributed by atoms with Crippen LogP contribution in [0.2, 0.25) is 0 Å². The third kappa shape index (κ3) is 3.70. The Bertz CT molecular complexity index is 438. The van der Waals surface area contributed by atoms with Crippen molar-refractivity contribution < 1.29 is 19.4 Å². The fourth-order valence-corrected chi connectivity index (χ4v) is 2.11. The normalized spacial score (nSPS) is 14.8. The minimum absolute atomic E-state index is 0.0883. The number of ether oxygens (including phenoxy) is 2. The Morgan fingerprint density at radius 2 is 2.21 bits per heavy atom. The van der Waals surface area contributed by atoms with Gasteiger partial charge in [0.25, 0.3) is 0 Å². The van der Waals surface area contributed by atoms with E-state index in [0.29, 0.717) is 18.3 Å². The van der Waals surface area contributed by atoms with Crippen molar-refractivity contribution in [1.82, 2.24) is 0 Å². The molecule has 0 heterocycles. The predicted molar refractivity (Wildman–Crippen MR) is 70.9 cm³/mol. The van der Waals surface area contributed by atoms with E-state index in [-0.39, 0.29) is 19.0 Å². The third-order valence-electron chi connectivity index (χ3n) is 3.57. The summed E-state index contributed by atoms with van der Waals surface area (Å²) in [5, 5.41) is 9.37. The van der Waals surface area contributed by atoms with Crippen LogP contribution < -0.4 is 4.74 Å². The standard InChI is InChI=1S/C15H20O4/c1-18-15(17)8-12-5-6-14(13(7-12)9-16)19-10-11-3-2-4-11/h5-7,11,16H,2-4,8-10H2,1H3. The number of methoxy groups -OCH3 is 1. The van der Waals surface area contributed by atoms with E-state index in [1.165, 1.54) is 26.4 Å². The predicted octanol–water partition coefficient (Wildman–Crippen LogP) is 2.07. The lowest BCUT2D eigenvalue weighted by molar-refractivity contribution is -0.139. The maximum atomic E-state index is 11.2. The van der Waals surface area contributed by atoms with Gasteiger partial charge in [-0.1, -0.05) is 12.5 Å². The molecule has 1 fully saturated rings. The number of carbonyl (C=O) groups is 1. The van der Waals surface area contributed by atoms with Crippen LogP contribution in [-0.2, 0) is 22.6 Å². The lowest BCUT2D eigenvalue weighted by atomic mass is 9.86. The second-order valence-electron chi connectivity index (χ2n) is 4.96. The second-order valence-corrected chi connectivity index (χ2v) is 4.96. The number of benzene rings is 1. The van der Waals surface area contributed by atoms with Crippen molar-refractivity contribution in [2.45, 2.75) is 32.3 Å². The monoisotopic (exact) mass is 264 g/mol. The van der Waals surface area contributed by atoms with E-state index < -0.39 is 0 Å². The zero-order valence-electron chi connectivity index (χ0n) is 11.2. The van der Waals surface area contributed by atoms with E-state index in [2.05, 4.69) is 4.74 Å². The van der Waals surface area contributed by atoms with Crippen LogP contribution >= 0.6 is 0 Å². The molecule has 1 N–H and O–H groups in total. The van der Waals surface area contributed by atoms with Gasteiger partial charge in [0.2, 0.25) is 0 Å². The van der Waals surface area contributed by atoms with E-state index in [1.54, 1.807) is 6.07 Å². The van der Waals surface area contributed by atoms with Crippen LogP contribution in [0.1, 0.15) is 30.4 Å². The zero-order valence-corrected chi connectivity index (χ0v) is 11.2. The maximum absolute atomic E-state index is 11.2. The van der Waals surface area contributed by atoms with Crippen LogP contribution in [0.25, 0.3) is 0 Å². The van der Waals surface area contributed by atoms with Crippen LogP contribution in [0.3, 0.4) is 0 Å². The van der Waals surface area contributed by atoms with Crippen LogP contribution in [0.4, 0.5) is 0 Å². The average molecular weight is 264 g/mol. The number of hydrogen-bond donors (Lipinski definition) is 1. The van der Waals surface area contributed by atoms with Crippen molar-refractivity contribution in [2.75, 3.05) is 13.7 Å². The molecular formula is C15H20O4. The molecule has 1 aliphatic carbocycles. The summed E-state index contributed by atoms with van der Waals surface area (Å²) in [5.74, 6) is 1.08. The van der Waals surface area contributed by atoms with Crippen molar-refractivity contribution in [3.05, 3.63) is 29.3 Å². The van der Waals surface area contributed by atoms with Gasteiger partial charge in [0.1, 0.15) is 5.75 Å². The number of rotatable bonds is 6. The molecule has 0 unspecified atom stereocenters. The lowest BCUT2D eigenvalue weighted by Crippen LogP contribution is -2.19. The largest absolute Gasteiger partial charge is 0.493 e. The molecule has 1 aromatic rings. The molecule has 2 rings (SSSR count). The molecule has 104 valence electrons. The van der Waals surface area contributed by atoms with Gasteiger partial charge in [-0.25, -0.2) is 0 Å². The number of aliphatic hydroxyl groups is 1.